The lowest BCUT2D eigenvalue weighted by Crippen LogP contribution is -2.21. The summed E-state index contributed by atoms with van der Waals surface area (Å²) < 4.78 is 0. The first-order valence-electron chi connectivity index (χ1n) is 5.08. The number of likely N-dealkylation sites (N-methyl/N-ethyl adjacent to an activating group) is 1. The number of nitrogens with zero attached hydrogens (tertiary/aromatic N) is 3. The molecule has 0 aliphatic carbocycles. The minimum absolute atomic E-state index is 0.355. The Hall–Kier alpha value is -1.56. The third kappa shape index (κ3) is 2.52. The second-order valence-electron chi connectivity index (χ2n) is 3.76. The van der Waals surface area contributed by atoms with Crippen LogP contribution in [0.2, 0.25) is 0 Å². The summed E-state index contributed by atoms with van der Waals surface area (Å²) in [6.45, 7) is 3.00. The number of aryl methyl sites for hydroxylation is 1. The van der Waals surface area contributed by atoms with Gasteiger partial charge in [0.2, 0.25) is 11.9 Å². The van der Waals surface area contributed by atoms with Gasteiger partial charge in [0.1, 0.15) is 0 Å². The molecular formula is C10H15N5S. The van der Waals surface area contributed by atoms with E-state index in [0.29, 0.717) is 11.9 Å². The molecule has 2 rings (SSSR count). The molecule has 6 heteroatoms. The number of nitrogen functional groups attached to an aromatic ring is 1. The van der Waals surface area contributed by atoms with Gasteiger partial charge in [-0.25, -0.2) is 5.10 Å². The SMILES string of the molecule is Cc1cc(CCN(C)c2n[nH]c(N)n2)cs1. The molecule has 16 heavy (non-hydrogen) atoms. The number of hydrogen-bond acceptors (Lipinski definition) is 5. The van der Waals surface area contributed by atoms with Crippen LogP contribution in [0.15, 0.2) is 11.4 Å². The summed E-state index contributed by atoms with van der Waals surface area (Å²) in [7, 11) is 1.96. The molecule has 5 nitrogen and oxygen atoms in total. The van der Waals surface area contributed by atoms with Crippen LogP contribution < -0.4 is 10.6 Å². The molecule has 3 N–H and O–H groups in total. The number of hydrogen-bond donors (Lipinski definition) is 2. The van der Waals surface area contributed by atoms with Crippen LogP contribution in [0.4, 0.5) is 11.9 Å². The highest BCUT2D eigenvalue weighted by Crippen LogP contribution is 2.14. The fourth-order valence-corrected chi connectivity index (χ4v) is 2.20. The van der Waals surface area contributed by atoms with Crippen molar-refractivity contribution < 1.29 is 0 Å². The summed E-state index contributed by atoms with van der Waals surface area (Å²) in [6, 6.07) is 2.21. The topological polar surface area (TPSA) is 70.8 Å². The number of aromatic nitrogens is 3. The van der Waals surface area contributed by atoms with Crippen LogP contribution in [0.5, 0.6) is 0 Å². The predicted molar refractivity (Wildman–Crippen MR) is 66.8 cm³/mol. The molecule has 2 aromatic rings. The Morgan fingerprint density at radius 2 is 2.38 bits per heavy atom. The predicted octanol–water partition coefficient (Wildman–Crippen LogP) is 1.44. The van der Waals surface area contributed by atoms with Crippen molar-refractivity contribution in [3.05, 3.63) is 21.9 Å². The monoisotopic (exact) mass is 237 g/mol. The molecule has 86 valence electrons. The Morgan fingerprint density at radius 3 is 2.94 bits per heavy atom. The Labute approximate surface area is 98.3 Å². The van der Waals surface area contributed by atoms with E-state index in [1.807, 2.05) is 11.9 Å². The van der Waals surface area contributed by atoms with Crippen LogP contribution >= 0.6 is 11.3 Å². The zero-order valence-corrected chi connectivity index (χ0v) is 10.2. The smallest absolute Gasteiger partial charge is 0.246 e. The van der Waals surface area contributed by atoms with Gasteiger partial charge in [0, 0.05) is 18.5 Å². The highest BCUT2D eigenvalue weighted by Gasteiger charge is 2.06. The van der Waals surface area contributed by atoms with Crippen LogP contribution in [0.3, 0.4) is 0 Å². The molecule has 2 aromatic heterocycles. The summed E-state index contributed by atoms with van der Waals surface area (Å²) in [6.07, 6.45) is 0.995. The first-order chi connectivity index (χ1) is 7.65. The van der Waals surface area contributed by atoms with Gasteiger partial charge in [-0.05, 0) is 30.4 Å². The van der Waals surface area contributed by atoms with Crippen LogP contribution in [0.1, 0.15) is 10.4 Å². The number of aromatic amines is 1. The van der Waals surface area contributed by atoms with Crippen LogP contribution in [0, 0.1) is 6.92 Å². The third-order valence-electron chi connectivity index (χ3n) is 2.35. The van der Waals surface area contributed by atoms with Crippen molar-refractivity contribution in [3.63, 3.8) is 0 Å². The van der Waals surface area contributed by atoms with E-state index in [1.54, 1.807) is 11.3 Å². The van der Waals surface area contributed by atoms with Gasteiger partial charge < -0.3 is 10.6 Å². The molecule has 0 unspecified atom stereocenters. The van der Waals surface area contributed by atoms with E-state index in [-0.39, 0.29) is 0 Å². The van der Waals surface area contributed by atoms with Gasteiger partial charge in [-0.15, -0.1) is 16.4 Å². The minimum Gasteiger partial charge on any atom is -0.368 e. The molecule has 0 amide bonds. The molecule has 0 radical (unpaired) electrons. The number of rotatable bonds is 4. The first-order valence-corrected chi connectivity index (χ1v) is 5.96. The fraction of sp³-hybridized carbons (Fsp3) is 0.400. The second-order valence-corrected chi connectivity index (χ2v) is 4.87. The maximum absolute atomic E-state index is 5.47. The van der Waals surface area contributed by atoms with Gasteiger partial charge in [-0.2, -0.15) is 4.98 Å². The van der Waals surface area contributed by atoms with Crippen LogP contribution in [-0.4, -0.2) is 28.8 Å². The van der Waals surface area contributed by atoms with E-state index >= 15 is 0 Å². The number of thiophene rings is 1. The lowest BCUT2D eigenvalue weighted by Gasteiger charge is -2.13. The Bertz CT molecular complexity index is 461. The van der Waals surface area contributed by atoms with Crippen molar-refractivity contribution in [1.82, 2.24) is 15.2 Å². The molecule has 0 bridgehead atoms. The number of H-pyrrole nitrogens is 1. The fourth-order valence-electron chi connectivity index (χ4n) is 1.46. The third-order valence-corrected chi connectivity index (χ3v) is 3.26. The maximum atomic E-state index is 5.47. The van der Waals surface area contributed by atoms with Gasteiger partial charge in [0.15, 0.2) is 0 Å². The standard InChI is InChI=1S/C10H15N5S/c1-7-5-8(6-16-7)3-4-15(2)10-12-9(11)13-14-10/h5-6H,3-4H2,1-2H3,(H3,11,12,13,14). The molecule has 0 aliphatic rings. The average molecular weight is 237 g/mol. The van der Waals surface area contributed by atoms with Gasteiger partial charge in [0.05, 0.1) is 0 Å². The number of anilines is 2. The number of nitrogens with one attached hydrogen (secondary N) is 1. The van der Waals surface area contributed by atoms with Crippen molar-refractivity contribution in [1.29, 1.82) is 0 Å². The zero-order chi connectivity index (χ0) is 11.5. The lowest BCUT2D eigenvalue weighted by molar-refractivity contribution is 0.842. The van der Waals surface area contributed by atoms with Crippen molar-refractivity contribution in [2.45, 2.75) is 13.3 Å². The van der Waals surface area contributed by atoms with Gasteiger partial charge in [-0.3, -0.25) is 0 Å². The lowest BCUT2D eigenvalue weighted by atomic mass is 10.2. The molecule has 2 heterocycles. The van der Waals surface area contributed by atoms with E-state index in [1.165, 1.54) is 10.4 Å². The van der Waals surface area contributed by atoms with Crippen LogP contribution in [0.25, 0.3) is 0 Å². The molecule has 0 saturated heterocycles. The normalized spacial score (nSPS) is 10.6. The quantitative estimate of drug-likeness (QED) is 0.844. The molecule has 0 spiro atoms. The summed E-state index contributed by atoms with van der Waals surface area (Å²) in [4.78, 5) is 7.40. The number of nitrogens with two attached hydrogens (primary N) is 1. The molecule has 0 aromatic carbocycles. The molecule has 0 fully saturated rings. The van der Waals surface area contributed by atoms with E-state index in [2.05, 4.69) is 33.6 Å². The Balaban J connectivity index is 1.91. The largest absolute Gasteiger partial charge is 0.368 e. The van der Waals surface area contributed by atoms with E-state index in [0.717, 1.165) is 13.0 Å². The summed E-state index contributed by atoms with van der Waals surface area (Å²) in [5.74, 6) is 0.998. The van der Waals surface area contributed by atoms with Crippen molar-refractivity contribution >= 4 is 23.2 Å². The van der Waals surface area contributed by atoms with Gasteiger partial charge in [-0.1, -0.05) is 0 Å². The zero-order valence-electron chi connectivity index (χ0n) is 9.40. The second kappa shape index (κ2) is 4.52. The van der Waals surface area contributed by atoms with Crippen LogP contribution in [-0.2, 0) is 6.42 Å². The minimum atomic E-state index is 0.355. The van der Waals surface area contributed by atoms with Crippen molar-refractivity contribution in [3.8, 4) is 0 Å². The van der Waals surface area contributed by atoms with E-state index in [4.69, 9.17) is 5.73 Å². The summed E-state index contributed by atoms with van der Waals surface area (Å²) in [5, 5.41) is 8.82. The van der Waals surface area contributed by atoms with Crippen molar-refractivity contribution in [2.75, 3.05) is 24.2 Å². The molecule has 0 saturated carbocycles. The maximum Gasteiger partial charge on any atom is 0.246 e. The van der Waals surface area contributed by atoms with E-state index < -0.39 is 0 Å². The average Bonchev–Trinajstić information content (AvgIpc) is 2.84. The Kier molecular flexibility index (Phi) is 3.09. The van der Waals surface area contributed by atoms with E-state index in [9.17, 15) is 0 Å². The summed E-state index contributed by atoms with van der Waals surface area (Å²) in [5.41, 5.74) is 6.83. The Morgan fingerprint density at radius 1 is 1.56 bits per heavy atom. The molecule has 0 atom stereocenters. The molecular weight excluding hydrogens is 222 g/mol. The summed E-state index contributed by atoms with van der Waals surface area (Å²) >= 11 is 1.78. The molecule has 0 aliphatic heterocycles. The first kappa shape index (κ1) is 10.9. The highest BCUT2D eigenvalue weighted by atomic mass is 32.1. The highest BCUT2D eigenvalue weighted by molar-refractivity contribution is 7.10. The van der Waals surface area contributed by atoms with Gasteiger partial charge >= 0.3 is 0 Å². The van der Waals surface area contributed by atoms with Crippen molar-refractivity contribution in [2.24, 2.45) is 0 Å². The van der Waals surface area contributed by atoms with Gasteiger partial charge in [0.25, 0.3) is 0 Å².